The first kappa shape index (κ1) is 17.3. The smallest absolute Gasteiger partial charge is 0.257 e. The van der Waals surface area contributed by atoms with Crippen LogP contribution in [-0.2, 0) is 6.54 Å². The first-order valence-electron chi connectivity index (χ1n) is 7.31. The summed E-state index contributed by atoms with van der Waals surface area (Å²) in [6, 6.07) is 8.21. The van der Waals surface area contributed by atoms with Crippen LogP contribution in [0.5, 0.6) is 0 Å². The van der Waals surface area contributed by atoms with E-state index in [4.69, 9.17) is 0 Å². The molecule has 0 aliphatic heterocycles. The zero-order valence-electron chi connectivity index (χ0n) is 14.2. The molecule has 1 heterocycles. The number of amides is 1. The first-order chi connectivity index (χ1) is 10.9. The van der Waals surface area contributed by atoms with Crippen molar-refractivity contribution in [1.82, 2.24) is 14.9 Å². The highest BCUT2D eigenvalue weighted by Gasteiger charge is 2.17. The summed E-state index contributed by atoms with van der Waals surface area (Å²) in [4.78, 5) is 26.0. The molecule has 122 valence electrons. The minimum Gasteiger partial charge on any atom is -0.347 e. The van der Waals surface area contributed by atoms with Crippen LogP contribution in [-0.4, -0.2) is 48.2 Å². The number of carbonyl (C=O) groups is 1. The molecule has 0 radical (unpaired) electrons. The van der Waals surface area contributed by atoms with E-state index in [0.29, 0.717) is 23.8 Å². The summed E-state index contributed by atoms with van der Waals surface area (Å²) >= 11 is 1.69. The summed E-state index contributed by atoms with van der Waals surface area (Å²) in [6.45, 7) is 2.40. The predicted octanol–water partition coefficient (Wildman–Crippen LogP) is 2.85. The molecule has 0 aliphatic rings. The summed E-state index contributed by atoms with van der Waals surface area (Å²) in [5, 5.41) is 0. The van der Waals surface area contributed by atoms with Gasteiger partial charge in [-0.1, -0.05) is 12.1 Å². The van der Waals surface area contributed by atoms with Gasteiger partial charge in [0, 0.05) is 38.8 Å². The van der Waals surface area contributed by atoms with E-state index < -0.39 is 0 Å². The second-order valence-electron chi connectivity index (χ2n) is 5.58. The van der Waals surface area contributed by atoms with Gasteiger partial charge < -0.3 is 9.80 Å². The third-order valence-electron chi connectivity index (χ3n) is 3.50. The highest BCUT2D eigenvalue weighted by Crippen LogP contribution is 2.18. The summed E-state index contributed by atoms with van der Waals surface area (Å²) in [5.41, 5.74) is 2.34. The van der Waals surface area contributed by atoms with Gasteiger partial charge in [-0.05, 0) is 30.9 Å². The van der Waals surface area contributed by atoms with Crippen LogP contribution in [0.4, 0.5) is 5.95 Å². The Kier molecular flexibility index (Phi) is 5.60. The maximum atomic E-state index is 12.6. The number of rotatable bonds is 5. The number of anilines is 1. The Bertz CT molecular complexity index is 703. The average Bonchev–Trinajstić information content (AvgIpc) is 2.54. The molecule has 0 saturated heterocycles. The Morgan fingerprint density at radius 3 is 2.61 bits per heavy atom. The van der Waals surface area contributed by atoms with Crippen LogP contribution in [0, 0.1) is 6.92 Å². The maximum absolute atomic E-state index is 12.6. The van der Waals surface area contributed by atoms with Crippen LogP contribution in [0.1, 0.15) is 21.6 Å². The highest BCUT2D eigenvalue weighted by atomic mass is 32.2. The second-order valence-corrected chi connectivity index (χ2v) is 6.46. The Labute approximate surface area is 141 Å². The van der Waals surface area contributed by atoms with Crippen LogP contribution in [0.2, 0.25) is 0 Å². The van der Waals surface area contributed by atoms with E-state index in [1.807, 2.05) is 44.3 Å². The number of hydrogen-bond acceptors (Lipinski definition) is 5. The lowest BCUT2D eigenvalue weighted by Crippen LogP contribution is -2.27. The molecule has 6 heteroatoms. The normalized spacial score (nSPS) is 10.5. The van der Waals surface area contributed by atoms with Crippen molar-refractivity contribution in [3.63, 3.8) is 0 Å². The van der Waals surface area contributed by atoms with Gasteiger partial charge in [-0.2, -0.15) is 0 Å². The van der Waals surface area contributed by atoms with E-state index in [1.165, 1.54) is 4.90 Å². The van der Waals surface area contributed by atoms with E-state index in [2.05, 4.69) is 22.1 Å². The van der Waals surface area contributed by atoms with E-state index in [1.54, 1.807) is 29.9 Å². The van der Waals surface area contributed by atoms with Crippen molar-refractivity contribution in [3.05, 3.63) is 47.3 Å². The number of benzene rings is 1. The molecule has 2 aromatic rings. The van der Waals surface area contributed by atoms with Gasteiger partial charge >= 0.3 is 0 Å². The van der Waals surface area contributed by atoms with Crippen LogP contribution < -0.4 is 4.90 Å². The monoisotopic (exact) mass is 330 g/mol. The molecule has 0 N–H and O–H groups in total. The van der Waals surface area contributed by atoms with Crippen LogP contribution in [0.3, 0.4) is 0 Å². The van der Waals surface area contributed by atoms with Gasteiger partial charge in [0.15, 0.2) is 0 Å². The molecule has 1 aromatic carbocycles. The van der Waals surface area contributed by atoms with E-state index in [0.717, 1.165) is 5.56 Å². The fraction of sp³-hybridized carbons (Fsp3) is 0.353. The minimum atomic E-state index is -0.0673. The number of aryl methyl sites for hydroxylation is 1. The highest BCUT2D eigenvalue weighted by molar-refractivity contribution is 7.98. The molecule has 0 spiro atoms. The zero-order valence-corrected chi connectivity index (χ0v) is 15.0. The fourth-order valence-corrected chi connectivity index (χ4v) is 2.69. The SMILES string of the molecule is CSc1cccc(CN(C)C(=O)c2cnc(N(C)C)nc2C)c1. The number of carbonyl (C=O) groups excluding carboxylic acids is 1. The minimum absolute atomic E-state index is 0.0673. The van der Waals surface area contributed by atoms with Gasteiger partial charge in [0.25, 0.3) is 5.91 Å². The molecule has 5 nitrogen and oxygen atoms in total. The number of hydrogen-bond donors (Lipinski definition) is 0. The molecule has 23 heavy (non-hydrogen) atoms. The molecule has 0 fully saturated rings. The lowest BCUT2D eigenvalue weighted by atomic mass is 10.2. The third kappa shape index (κ3) is 4.22. The lowest BCUT2D eigenvalue weighted by molar-refractivity contribution is 0.0783. The number of aromatic nitrogens is 2. The van der Waals surface area contributed by atoms with Crippen molar-refractivity contribution >= 4 is 23.6 Å². The number of nitrogens with zero attached hydrogens (tertiary/aromatic N) is 4. The second kappa shape index (κ2) is 7.46. The molecular formula is C17H22N4OS. The molecule has 1 aromatic heterocycles. The van der Waals surface area contributed by atoms with E-state index >= 15 is 0 Å². The Hall–Kier alpha value is -2.08. The summed E-state index contributed by atoms with van der Waals surface area (Å²) in [6.07, 6.45) is 3.65. The maximum Gasteiger partial charge on any atom is 0.257 e. The molecule has 0 bridgehead atoms. The van der Waals surface area contributed by atoms with Crippen molar-refractivity contribution < 1.29 is 4.79 Å². The van der Waals surface area contributed by atoms with Crippen molar-refractivity contribution in [2.24, 2.45) is 0 Å². The van der Waals surface area contributed by atoms with Gasteiger partial charge in [0.1, 0.15) is 0 Å². The Balaban J connectivity index is 2.16. The van der Waals surface area contributed by atoms with Crippen molar-refractivity contribution in [3.8, 4) is 0 Å². The summed E-state index contributed by atoms with van der Waals surface area (Å²) in [7, 11) is 5.55. The zero-order chi connectivity index (χ0) is 17.0. The van der Waals surface area contributed by atoms with Gasteiger partial charge in [-0.3, -0.25) is 4.79 Å². The van der Waals surface area contributed by atoms with Crippen LogP contribution in [0.25, 0.3) is 0 Å². The molecule has 0 unspecified atom stereocenters. The Morgan fingerprint density at radius 1 is 1.26 bits per heavy atom. The van der Waals surface area contributed by atoms with Crippen molar-refractivity contribution in [2.75, 3.05) is 32.3 Å². The summed E-state index contributed by atoms with van der Waals surface area (Å²) < 4.78 is 0. The van der Waals surface area contributed by atoms with E-state index in [9.17, 15) is 4.79 Å². The fourth-order valence-electron chi connectivity index (χ4n) is 2.20. The quantitative estimate of drug-likeness (QED) is 0.789. The third-order valence-corrected chi connectivity index (χ3v) is 4.22. The Morgan fingerprint density at radius 2 is 2.00 bits per heavy atom. The lowest BCUT2D eigenvalue weighted by Gasteiger charge is -2.19. The molecule has 0 saturated carbocycles. The standard InChI is InChI=1S/C17H22N4OS/c1-12-15(10-18-17(19-12)20(2)3)16(22)21(4)11-13-7-6-8-14(9-13)23-5/h6-10H,11H2,1-5H3. The van der Waals surface area contributed by atoms with Crippen molar-refractivity contribution in [1.29, 1.82) is 0 Å². The molecule has 2 rings (SSSR count). The topological polar surface area (TPSA) is 49.3 Å². The van der Waals surface area contributed by atoms with Gasteiger partial charge in [0.2, 0.25) is 5.95 Å². The van der Waals surface area contributed by atoms with Crippen molar-refractivity contribution in [2.45, 2.75) is 18.4 Å². The number of thioether (sulfide) groups is 1. The largest absolute Gasteiger partial charge is 0.347 e. The van der Waals surface area contributed by atoms with Crippen LogP contribution in [0.15, 0.2) is 35.4 Å². The summed E-state index contributed by atoms with van der Waals surface area (Å²) in [5.74, 6) is 0.539. The van der Waals surface area contributed by atoms with Gasteiger partial charge in [0.05, 0.1) is 11.3 Å². The molecule has 0 aliphatic carbocycles. The van der Waals surface area contributed by atoms with Gasteiger partial charge in [-0.25, -0.2) is 9.97 Å². The van der Waals surface area contributed by atoms with Crippen LogP contribution >= 0.6 is 11.8 Å². The molecule has 0 atom stereocenters. The van der Waals surface area contributed by atoms with Gasteiger partial charge in [-0.15, -0.1) is 11.8 Å². The first-order valence-corrected chi connectivity index (χ1v) is 8.54. The predicted molar refractivity (Wildman–Crippen MR) is 95.1 cm³/mol. The molecule has 1 amide bonds. The van der Waals surface area contributed by atoms with E-state index in [-0.39, 0.29) is 5.91 Å². The average molecular weight is 330 g/mol. The molecular weight excluding hydrogens is 308 g/mol.